The number of halogens is 1. The number of nitrogens with two attached hydrogens (primary N) is 1. The van der Waals surface area contributed by atoms with E-state index in [9.17, 15) is 0 Å². The van der Waals surface area contributed by atoms with E-state index in [2.05, 4.69) is 34.7 Å². The zero-order valence-corrected chi connectivity index (χ0v) is 10.7. The van der Waals surface area contributed by atoms with Crippen molar-refractivity contribution in [1.82, 2.24) is 0 Å². The molecule has 0 aliphatic carbocycles. The minimum absolute atomic E-state index is 0.697. The summed E-state index contributed by atoms with van der Waals surface area (Å²) in [5.74, 6) is 0.947. The molecule has 0 atom stereocenters. The number of benzene rings is 1. The lowest BCUT2D eigenvalue weighted by atomic mass is 10.2. The molecule has 4 heteroatoms. The summed E-state index contributed by atoms with van der Waals surface area (Å²) < 4.78 is 7.81. The molecule has 0 bridgehead atoms. The lowest BCUT2D eigenvalue weighted by molar-refractivity contribution is 0.338. The maximum absolute atomic E-state index is 5.84. The van der Waals surface area contributed by atoms with Crippen molar-refractivity contribution in [3.63, 3.8) is 0 Å². The molecule has 2 N–H and O–H groups in total. The molecule has 1 aromatic heterocycles. The van der Waals surface area contributed by atoms with Crippen LogP contribution in [0.5, 0.6) is 5.75 Å². The van der Waals surface area contributed by atoms with Crippen molar-refractivity contribution >= 4 is 49.7 Å². The predicted molar refractivity (Wildman–Crippen MR) is 70.1 cm³/mol. The quantitative estimate of drug-likeness (QED) is 0.860. The highest BCUT2D eigenvalue weighted by Crippen LogP contribution is 2.34. The Morgan fingerprint density at radius 1 is 1.50 bits per heavy atom. The van der Waals surface area contributed by atoms with Gasteiger partial charge in [-0.3, -0.25) is 0 Å². The smallest absolute Gasteiger partial charge is 0.134 e. The molecule has 0 saturated carbocycles. The third kappa shape index (κ3) is 1.68. The first-order valence-corrected chi connectivity index (χ1v) is 6.27. The summed E-state index contributed by atoms with van der Waals surface area (Å²) in [4.78, 5) is 0. The summed E-state index contributed by atoms with van der Waals surface area (Å²) in [7, 11) is 0. The Balaban J connectivity index is 2.60. The van der Waals surface area contributed by atoms with Crippen LogP contribution in [0, 0.1) is 3.57 Å². The summed E-state index contributed by atoms with van der Waals surface area (Å²) in [5, 5.41) is 3.10. The monoisotopic (exact) mass is 319 g/mol. The van der Waals surface area contributed by atoms with Crippen LogP contribution in [0.2, 0.25) is 0 Å². The summed E-state index contributed by atoms with van der Waals surface area (Å²) >= 11 is 3.92. The van der Waals surface area contributed by atoms with Gasteiger partial charge in [-0.15, -0.1) is 11.3 Å². The highest BCUT2D eigenvalue weighted by molar-refractivity contribution is 14.1. The second kappa shape index (κ2) is 3.94. The van der Waals surface area contributed by atoms with Gasteiger partial charge in [-0.1, -0.05) is 0 Å². The number of rotatable bonds is 2. The lowest BCUT2D eigenvalue weighted by Gasteiger charge is -2.05. The van der Waals surface area contributed by atoms with Crippen molar-refractivity contribution in [3.8, 4) is 5.75 Å². The van der Waals surface area contributed by atoms with Gasteiger partial charge in [0.1, 0.15) is 5.75 Å². The number of hydrogen-bond donors (Lipinski definition) is 1. The van der Waals surface area contributed by atoms with Crippen LogP contribution in [0.25, 0.3) is 10.1 Å². The number of nitrogen functional groups attached to an aromatic ring is 1. The second-order valence-electron chi connectivity index (χ2n) is 2.90. The standard InChI is InChI=1S/C10H10INOS/c1-2-13-9-4-10-6(3-7(9)11)8(12)5-14-10/h3-5H,2,12H2,1H3. The molecule has 0 aliphatic rings. The van der Waals surface area contributed by atoms with Gasteiger partial charge in [0, 0.05) is 15.5 Å². The van der Waals surface area contributed by atoms with E-state index in [1.54, 1.807) is 11.3 Å². The molecule has 0 aliphatic heterocycles. The minimum Gasteiger partial charge on any atom is -0.493 e. The van der Waals surface area contributed by atoms with Crippen LogP contribution in [-0.2, 0) is 0 Å². The number of anilines is 1. The van der Waals surface area contributed by atoms with Gasteiger partial charge in [-0.05, 0) is 41.6 Å². The van der Waals surface area contributed by atoms with E-state index in [0.29, 0.717) is 6.61 Å². The molecular weight excluding hydrogens is 309 g/mol. The van der Waals surface area contributed by atoms with Crippen molar-refractivity contribution in [2.45, 2.75) is 6.92 Å². The van der Waals surface area contributed by atoms with Crippen molar-refractivity contribution in [3.05, 3.63) is 21.1 Å². The third-order valence-electron chi connectivity index (χ3n) is 1.96. The maximum Gasteiger partial charge on any atom is 0.134 e. The first kappa shape index (κ1) is 10.0. The lowest BCUT2D eigenvalue weighted by Crippen LogP contribution is -1.93. The maximum atomic E-state index is 5.84. The van der Waals surface area contributed by atoms with E-state index < -0.39 is 0 Å². The van der Waals surface area contributed by atoms with E-state index >= 15 is 0 Å². The summed E-state index contributed by atoms with van der Waals surface area (Å²) in [6.45, 7) is 2.69. The fraction of sp³-hybridized carbons (Fsp3) is 0.200. The molecule has 0 spiro atoms. The number of ether oxygens (including phenoxy) is 1. The zero-order chi connectivity index (χ0) is 10.1. The summed E-state index contributed by atoms with van der Waals surface area (Å²) in [6.07, 6.45) is 0. The Hall–Kier alpha value is -0.490. The average molecular weight is 319 g/mol. The molecule has 1 aromatic carbocycles. The SMILES string of the molecule is CCOc1cc2scc(N)c2cc1I. The van der Waals surface area contributed by atoms with Crippen LogP contribution in [0.4, 0.5) is 5.69 Å². The van der Waals surface area contributed by atoms with Crippen LogP contribution < -0.4 is 10.5 Å². The number of fused-ring (bicyclic) bond motifs is 1. The molecule has 2 nitrogen and oxygen atoms in total. The van der Waals surface area contributed by atoms with Gasteiger partial charge in [0.25, 0.3) is 0 Å². The molecule has 14 heavy (non-hydrogen) atoms. The van der Waals surface area contributed by atoms with Gasteiger partial charge < -0.3 is 10.5 Å². The molecule has 0 amide bonds. The van der Waals surface area contributed by atoms with E-state index in [-0.39, 0.29) is 0 Å². The zero-order valence-electron chi connectivity index (χ0n) is 7.71. The first-order chi connectivity index (χ1) is 6.72. The van der Waals surface area contributed by atoms with Gasteiger partial charge in [0.15, 0.2) is 0 Å². The average Bonchev–Trinajstić information content (AvgIpc) is 2.50. The van der Waals surface area contributed by atoms with Crippen LogP contribution in [0.3, 0.4) is 0 Å². The largest absolute Gasteiger partial charge is 0.493 e. The Morgan fingerprint density at radius 3 is 3.00 bits per heavy atom. The van der Waals surface area contributed by atoms with Crippen LogP contribution in [0.15, 0.2) is 17.5 Å². The van der Waals surface area contributed by atoms with Crippen molar-refractivity contribution < 1.29 is 4.74 Å². The van der Waals surface area contributed by atoms with Crippen molar-refractivity contribution in [1.29, 1.82) is 0 Å². The van der Waals surface area contributed by atoms with E-state index in [0.717, 1.165) is 20.4 Å². The van der Waals surface area contributed by atoms with Crippen LogP contribution in [-0.4, -0.2) is 6.61 Å². The highest BCUT2D eigenvalue weighted by Gasteiger charge is 2.06. The topological polar surface area (TPSA) is 35.2 Å². The molecule has 0 unspecified atom stereocenters. The Bertz CT molecular complexity index is 466. The molecule has 74 valence electrons. The number of thiophene rings is 1. The molecule has 2 rings (SSSR count). The van der Waals surface area contributed by atoms with Crippen molar-refractivity contribution in [2.75, 3.05) is 12.3 Å². The summed E-state index contributed by atoms with van der Waals surface area (Å²) in [5.41, 5.74) is 6.69. The fourth-order valence-corrected chi connectivity index (χ4v) is 2.80. The Morgan fingerprint density at radius 2 is 2.29 bits per heavy atom. The molecule has 2 aromatic rings. The molecule has 0 fully saturated rings. The van der Waals surface area contributed by atoms with Gasteiger partial charge in [0.05, 0.1) is 15.9 Å². The Kier molecular flexibility index (Phi) is 2.83. The molecule has 1 heterocycles. The van der Waals surface area contributed by atoms with Crippen molar-refractivity contribution in [2.24, 2.45) is 0 Å². The second-order valence-corrected chi connectivity index (χ2v) is 4.98. The van der Waals surface area contributed by atoms with E-state index in [4.69, 9.17) is 10.5 Å². The third-order valence-corrected chi connectivity index (χ3v) is 3.76. The minimum atomic E-state index is 0.697. The fourth-order valence-electron chi connectivity index (χ4n) is 1.31. The van der Waals surface area contributed by atoms with Gasteiger partial charge in [-0.2, -0.15) is 0 Å². The molecule has 0 radical (unpaired) electrons. The van der Waals surface area contributed by atoms with E-state index in [1.807, 2.05) is 12.3 Å². The van der Waals surface area contributed by atoms with Crippen LogP contribution >= 0.6 is 33.9 Å². The van der Waals surface area contributed by atoms with Gasteiger partial charge >= 0.3 is 0 Å². The molecule has 0 saturated heterocycles. The molecular formula is C10H10INOS. The predicted octanol–water partition coefficient (Wildman–Crippen LogP) is 3.49. The van der Waals surface area contributed by atoms with Gasteiger partial charge in [0.2, 0.25) is 0 Å². The van der Waals surface area contributed by atoms with E-state index in [1.165, 1.54) is 4.70 Å². The van der Waals surface area contributed by atoms with Gasteiger partial charge in [-0.25, -0.2) is 0 Å². The Labute approximate surface area is 100 Å². The normalized spacial score (nSPS) is 10.7. The van der Waals surface area contributed by atoms with Crippen LogP contribution in [0.1, 0.15) is 6.92 Å². The first-order valence-electron chi connectivity index (χ1n) is 4.31. The number of hydrogen-bond acceptors (Lipinski definition) is 3. The summed E-state index contributed by atoms with van der Waals surface area (Å²) in [6, 6.07) is 4.13. The highest BCUT2D eigenvalue weighted by atomic mass is 127.